The maximum absolute atomic E-state index is 10.9. The van der Waals surface area contributed by atoms with Crippen LogP contribution < -0.4 is 5.32 Å². The molecule has 0 aliphatic rings. The molecule has 0 rings (SSSR count). The van der Waals surface area contributed by atoms with Gasteiger partial charge in [0, 0.05) is 12.5 Å². The lowest BCUT2D eigenvalue weighted by atomic mass is 10.1. The van der Waals surface area contributed by atoms with E-state index in [1.54, 1.807) is 0 Å². The van der Waals surface area contributed by atoms with Gasteiger partial charge < -0.3 is 10.4 Å². The Balaban J connectivity index is 0. The first-order valence-corrected chi connectivity index (χ1v) is 3.61. The zero-order valence-electron chi connectivity index (χ0n) is 6.55. The molecular weight excluding hydrogens is 142 g/mol. The van der Waals surface area contributed by atoms with E-state index < -0.39 is 0 Å². The molecule has 3 nitrogen and oxygen atoms in total. The van der Waals surface area contributed by atoms with Crippen LogP contribution in [0.4, 0.5) is 0 Å². The summed E-state index contributed by atoms with van der Waals surface area (Å²) in [5, 5.41) is 10.9. The normalized spacial score (nSPS) is 11.5. The Morgan fingerprint density at radius 1 is 1.64 bits per heavy atom. The third-order valence-corrected chi connectivity index (χ3v) is 1.47. The molecule has 1 atom stereocenters. The number of nitrogens with one attached hydrogen (secondary N) is 1. The van der Waals surface area contributed by atoms with Gasteiger partial charge in [0.2, 0.25) is 5.91 Å². The van der Waals surface area contributed by atoms with E-state index in [1.165, 1.54) is 0 Å². The van der Waals surface area contributed by atoms with Crippen molar-refractivity contribution in [3.05, 3.63) is 0 Å². The predicted molar refractivity (Wildman–Crippen MR) is 46.3 cm³/mol. The van der Waals surface area contributed by atoms with Gasteiger partial charge in [-0.2, -0.15) is 0 Å². The summed E-state index contributed by atoms with van der Waals surface area (Å²) in [5.41, 5.74) is 0. The Bertz CT molecular complexity index is 104. The van der Waals surface area contributed by atoms with E-state index in [0.29, 0.717) is 6.54 Å². The highest BCUT2D eigenvalue weighted by atomic mass is 16.3. The summed E-state index contributed by atoms with van der Waals surface area (Å²) in [6, 6.07) is 0. The first-order chi connectivity index (χ1) is 4.72. The van der Waals surface area contributed by atoms with Gasteiger partial charge in [-0.05, 0) is 6.42 Å². The van der Waals surface area contributed by atoms with Crippen molar-refractivity contribution >= 4 is 5.91 Å². The number of aliphatic hydroxyl groups is 1. The highest BCUT2D eigenvalue weighted by molar-refractivity contribution is 5.78. The summed E-state index contributed by atoms with van der Waals surface area (Å²) in [6.45, 7) is 4.21. The Hall–Kier alpha value is -0.570. The van der Waals surface area contributed by atoms with E-state index in [2.05, 4.69) is 5.32 Å². The molecule has 0 saturated heterocycles. The molecule has 0 heterocycles. The smallest absolute Gasteiger partial charge is 0.222 e. The quantitative estimate of drug-likeness (QED) is 0.640. The van der Waals surface area contributed by atoms with Crippen molar-refractivity contribution in [2.45, 2.75) is 27.7 Å². The maximum atomic E-state index is 10.9. The van der Waals surface area contributed by atoms with Crippen LogP contribution >= 0.6 is 0 Å². The summed E-state index contributed by atoms with van der Waals surface area (Å²) in [5.74, 6) is 0.0862. The monoisotopic (exact) mass is 161 g/mol. The molecule has 0 aliphatic carbocycles. The van der Waals surface area contributed by atoms with Crippen LogP contribution in [0.3, 0.4) is 0 Å². The molecule has 0 bridgehead atoms. The molecule has 1 amide bonds. The van der Waals surface area contributed by atoms with Crippen LogP contribution in [0.2, 0.25) is 0 Å². The molecule has 0 aliphatic heterocycles. The zero-order chi connectivity index (χ0) is 7.98. The fraction of sp³-hybridized carbons (Fsp3) is 0.875. The Morgan fingerprint density at radius 3 is 2.55 bits per heavy atom. The topological polar surface area (TPSA) is 49.3 Å². The van der Waals surface area contributed by atoms with Gasteiger partial charge in [-0.3, -0.25) is 4.79 Å². The minimum atomic E-state index is 0. The second-order valence-corrected chi connectivity index (χ2v) is 2.32. The molecule has 2 N–H and O–H groups in total. The molecule has 0 spiro atoms. The number of aliphatic hydroxyl groups excluding tert-OH is 1. The van der Waals surface area contributed by atoms with Crippen molar-refractivity contribution in [2.24, 2.45) is 5.92 Å². The average Bonchev–Trinajstić information content (AvgIpc) is 1.98. The second kappa shape index (κ2) is 7.54. The van der Waals surface area contributed by atoms with Crippen LogP contribution in [0.15, 0.2) is 0 Å². The number of carbonyl (C=O) groups is 1. The van der Waals surface area contributed by atoms with Gasteiger partial charge in [-0.1, -0.05) is 21.3 Å². The summed E-state index contributed by atoms with van der Waals surface area (Å²) in [6.07, 6.45) is 0.845. The van der Waals surface area contributed by atoms with Crippen molar-refractivity contribution in [2.75, 3.05) is 13.2 Å². The SMILES string of the molecule is C.CCC(C)C(=O)NCCO. The number of amides is 1. The maximum Gasteiger partial charge on any atom is 0.222 e. The number of carbonyl (C=O) groups excluding carboxylic acids is 1. The summed E-state index contributed by atoms with van der Waals surface area (Å²) in [7, 11) is 0. The molecule has 0 saturated carbocycles. The van der Waals surface area contributed by atoms with Gasteiger partial charge in [0.1, 0.15) is 0 Å². The largest absolute Gasteiger partial charge is 0.395 e. The summed E-state index contributed by atoms with van der Waals surface area (Å²) in [4.78, 5) is 10.9. The van der Waals surface area contributed by atoms with E-state index in [-0.39, 0.29) is 25.9 Å². The molecule has 11 heavy (non-hydrogen) atoms. The number of rotatable bonds is 4. The highest BCUT2D eigenvalue weighted by Gasteiger charge is 2.07. The van der Waals surface area contributed by atoms with Crippen molar-refractivity contribution < 1.29 is 9.90 Å². The molecule has 0 aromatic rings. The molecular formula is C8H19NO2. The standard InChI is InChI=1S/C7H15NO2.CH4/c1-3-6(2)7(10)8-4-5-9;/h6,9H,3-5H2,1-2H3,(H,8,10);1H4. The van der Waals surface area contributed by atoms with Crippen LogP contribution in [0.5, 0.6) is 0 Å². The van der Waals surface area contributed by atoms with Crippen molar-refractivity contribution in [1.29, 1.82) is 0 Å². The first-order valence-electron chi connectivity index (χ1n) is 3.61. The lowest BCUT2D eigenvalue weighted by molar-refractivity contribution is -0.124. The Morgan fingerprint density at radius 2 is 2.18 bits per heavy atom. The van der Waals surface area contributed by atoms with Gasteiger partial charge in [-0.25, -0.2) is 0 Å². The van der Waals surface area contributed by atoms with Crippen molar-refractivity contribution in [3.8, 4) is 0 Å². The van der Waals surface area contributed by atoms with E-state index in [9.17, 15) is 4.79 Å². The first kappa shape index (κ1) is 13.1. The third kappa shape index (κ3) is 5.85. The number of hydrogen-bond acceptors (Lipinski definition) is 2. The van der Waals surface area contributed by atoms with Gasteiger partial charge >= 0.3 is 0 Å². The lowest BCUT2D eigenvalue weighted by Gasteiger charge is -2.07. The van der Waals surface area contributed by atoms with E-state index in [0.717, 1.165) is 6.42 Å². The van der Waals surface area contributed by atoms with Gasteiger partial charge in [0.05, 0.1) is 6.61 Å². The Kier molecular flexibility index (Phi) is 8.94. The molecule has 3 heteroatoms. The molecule has 0 aromatic heterocycles. The average molecular weight is 161 g/mol. The number of hydrogen-bond donors (Lipinski definition) is 2. The zero-order valence-corrected chi connectivity index (χ0v) is 6.55. The minimum absolute atomic E-state index is 0. The Labute approximate surface area is 68.8 Å². The molecule has 0 radical (unpaired) electrons. The molecule has 1 unspecified atom stereocenters. The van der Waals surface area contributed by atoms with Gasteiger partial charge in [0.25, 0.3) is 0 Å². The fourth-order valence-corrected chi connectivity index (χ4v) is 0.539. The molecule has 68 valence electrons. The van der Waals surface area contributed by atoms with Gasteiger partial charge in [-0.15, -0.1) is 0 Å². The van der Waals surface area contributed by atoms with Crippen molar-refractivity contribution in [3.63, 3.8) is 0 Å². The van der Waals surface area contributed by atoms with Crippen molar-refractivity contribution in [1.82, 2.24) is 5.32 Å². The summed E-state index contributed by atoms with van der Waals surface area (Å²) >= 11 is 0. The molecule has 0 fully saturated rings. The molecule has 0 aromatic carbocycles. The van der Waals surface area contributed by atoms with Crippen LogP contribution in [-0.4, -0.2) is 24.2 Å². The predicted octanol–water partition coefficient (Wildman–Crippen LogP) is 0.777. The highest BCUT2D eigenvalue weighted by Crippen LogP contribution is 1.98. The lowest BCUT2D eigenvalue weighted by Crippen LogP contribution is -2.31. The van der Waals surface area contributed by atoms with Crippen LogP contribution in [0, 0.1) is 5.92 Å². The fourth-order valence-electron chi connectivity index (χ4n) is 0.539. The van der Waals surface area contributed by atoms with E-state index >= 15 is 0 Å². The summed E-state index contributed by atoms with van der Waals surface area (Å²) < 4.78 is 0. The van der Waals surface area contributed by atoms with Crippen LogP contribution in [0.1, 0.15) is 27.7 Å². The minimum Gasteiger partial charge on any atom is -0.395 e. The van der Waals surface area contributed by atoms with E-state index in [1.807, 2.05) is 13.8 Å². The third-order valence-electron chi connectivity index (χ3n) is 1.47. The second-order valence-electron chi connectivity index (χ2n) is 2.32. The van der Waals surface area contributed by atoms with Crippen LogP contribution in [0.25, 0.3) is 0 Å². The van der Waals surface area contributed by atoms with Gasteiger partial charge in [0.15, 0.2) is 0 Å². The van der Waals surface area contributed by atoms with E-state index in [4.69, 9.17) is 5.11 Å². The van der Waals surface area contributed by atoms with Crippen LogP contribution in [-0.2, 0) is 4.79 Å².